The largest absolute Gasteiger partial charge is 0.345 e. The number of hydrogen-bond acceptors (Lipinski definition) is 1. The molecule has 1 aromatic heterocycles. The van der Waals surface area contributed by atoms with Gasteiger partial charge in [0.2, 0.25) is 0 Å². The minimum Gasteiger partial charge on any atom is -0.345 e. The van der Waals surface area contributed by atoms with E-state index in [4.69, 9.17) is 34.8 Å². The summed E-state index contributed by atoms with van der Waals surface area (Å²) in [6.07, 6.45) is 2.84. The summed E-state index contributed by atoms with van der Waals surface area (Å²) >= 11 is 18.6. The molecule has 0 aliphatic carbocycles. The van der Waals surface area contributed by atoms with Crippen LogP contribution < -0.4 is 0 Å². The third-order valence-corrected chi connectivity index (χ3v) is 6.02. The van der Waals surface area contributed by atoms with Crippen LogP contribution in [0.15, 0.2) is 60.8 Å². The first-order valence-corrected chi connectivity index (χ1v) is 10.7. The molecule has 0 aliphatic heterocycles. The molecular weight excluding hydrogens is 427 g/mol. The van der Waals surface area contributed by atoms with E-state index in [1.165, 1.54) is 0 Å². The second-order valence-electron chi connectivity index (χ2n) is 7.03. The van der Waals surface area contributed by atoms with E-state index in [2.05, 4.69) is 11.5 Å². The van der Waals surface area contributed by atoms with Gasteiger partial charge >= 0.3 is 0 Å². The number of carbonyl (C=O) groups is 1. The first kappa shape index (κ1) is 21.8. The lowest BCUT2D eigenvalue weighted by Gasteiger charge is -2.29. The van der Waals surface area contributed by atoms with Gasteiger partial charge in [-0.2, -0.15) is 0 Å². The van der Waals surface area contributed by atoms with Crippen LogP contribution in [0, 0.1) is 0 Å². The average molecular weight is 450 g/mol. The first-order chi connectivity index (χ1) is 13.9. The fraction of sp³-hybridized carbons (Fsp3) is 0.261. The monoisotopic (exact) mass is 448 g/mol. The van der Waals surface area contributed by atoms with Gasteiger partial charge in [-0.3, -0.25) is 4.79 Å². The maximum atomic E-state index is 13.3. The van der Waals surface area contributed by atoms with E-state index in [1.807, 2.05) is 54.4 Å². The Bertz CT molecular complexity index is 999. The highest BCUT2D eigenvalue weighted by Gasteiger charge is 2.24. The molecule has 0 bridgehead atoms. The fourth-order valence-electron chi connectivity index (χ4n) is 3.20. The Hall–Kier alpha value is -1.94. The smallest absolute Gasteiger partial charge is 0.255 e. The number of hydrogen-bond donors (Lipinski definition) is 0. The topological polar surface area (TPSA) is 25.2 Å². The molecule has 6 heteroatoms. The summed E-state index contributed by atoms with van der Waals surface area (Å²) in [4.78, 5) is 15.2. The molecule has 1 amide bonds. The maximum absolute atomic E-state index is 13.3. The van der Waals surface area contributed by atoms with Crippen LogP contribution in [-0.2, 0) is 13.1 Å². The van der Waals surface area contributed by atoms with Gasteiger partial charge in [0.25, 0.3) is 5.91 Å². The van der Waals surface area contributed by atoms with Crippen molar-refractivity contribution in [2.45, 2.75) is 39.4 Å². The van der Waals surface area contributed by atoms with E-state index in [9.17, 15) is 4.79 Å². The van der Waals surface area contributed by atoms with Crippen molar-refractivity contribution >= 4 is 40.7 Å². The fourth-order valence-corrected chi connectivity index (χ4v) is 3.88. The molecule has 2 aromatic carbocycles. The van der Waals surface area contributed by atoms with Crippen LogP contribution in [0.25, 0.3) is 0 Å². The third-order valence-electron chi connectivity index (χ3n) is 5.10. The number of carbonyl (C=O) groups excluding carboxylic acids is 1. The van der Waals surface area contributed by atoms with Gasteiger partial charge in [0.05, 0.1) is 17.1 Å². The van der Waals surface area contributed by atoms with Gasteiger partial charge in [0.1, 0.15) is 0 Å². The van der Waals surface area contributed by atoms with Gasteiger partial charge in [-0.15, -0.1) is 0 Å². The lowest BCUT2D eigenvalue weighted by atomic mass is 10.1. The summed E-state index contributed by atoms with van der Waals surface area (Å²) in [5.41, 5.74) is 2.53. The van der Waals surface area contributed by atoms with Gasteiger partial charge in [-0.25, -0.2) is 0 Å². The summed E-state index contributed by atoms with van der Waals surface area (Å²) in [6.45, 7) is 5.23. The highest BCUT2D eigenvalue weighted by atomic mass is 35.5. The lowest BCUT2D eigenvalue weighted by Crippen LogP contribution is -2.38. The molecule has 152 valence electrons. The number of amides is 1. The molecule has 0 radical (unpaired) electrons. The number of aromatic nitrogens is 1. The van der Waals surface area contributed by atoms with Crippen molar-refractivity contribution in [1.29, 1.82) is 0 Å². The summed E-state index contributed by atoms with van der Waals surface area (Å²) in [7, 11) is 0. The summed E-state index contributed by atoms with van der Waals surface area (Å²) in [5.74, 6) is -0.105. The molecule has 1 atom stereocenters. The highest BCUT2D eigenvalue weighted by molar-refractivity contribution is 6.36. The Labute approximate surface area is 186 Å². The number of rotatable bonds is 7. The van der Waals surface area contributed by atoms with Crippen molar-refractivity contribution in [3.05, 3.63) is 92.7 Å². The predicted octanol–water partition coefficient (Wildman–Crippen LogP) is 6.94. The SMILES string of the molecule is CCC(C)N(Cc1cccn1Cc1ccccc1Cl)C(=O)c1ccc(Cl)cc1Cl. The summed E-state index contributed by atoms with van der Waals surface area (Å²) < 4.78 is 2.12. The minimum atomic E-state index is -0.105. The van der Waals surface area contributed by atoms with Gasteiger partial charge in [0, 0.05) is 34.5 Å². The Balaban J connectivity index is 1.88. The first-order valence-electron chi connectivity index (χ1n) is 9.54. The predicted molar refractivity (Wildman–Crippen MR) is 121 cm³/mol. The zero-order valence-corrected chi connectivity index (χ0v) is 18.7. The lowest BCUT2D eigenvalue weighted by molar-refractivity contribution is 0.0667. The number of nitrogens with zero attached hydrogens (tertiary/aromatic N) is 2. The normalized spacial score (nSPS) is 12.0. The molecule has 0 saturated carbocycles. The molecule has 0 aliphatic rings. The molecule has 0 fully saturated rings. The minimum absolute atomic E-state index is 0.0536. The molecule has 3 rings (SSSR count). The van der Waals surface area contributed by atoms with E-state index < -0.39 is 0 Å². The van der Waals surface area contributed by atoms with Crippen LogP contribution in [0.4, 0.5) is 0 Å². The van der Waals surface area contributed by atoms with Crippen molar-refractivity contribution in [2.75, 3.05) is 0 Å². The van der Waals surface area contributed by atoms with Crippen LogP contribution in [0.3, 0.4) is 0 Å². The third kappa shape index (κ3) is 5.16. The van der Waals surface area contributed by atoms with E-state index in [-0.39, 0.29) is 11.9 Å². The van der Waals surface area contributed by atoms with Crippen LogP contribution in [-0.4, -0.2) is 21.4 Å². The Kier molecular flexibility index (Phi) is 7.28. The molecule has 1 unspecified atom stereocenters. The number of halogens is 3. The van der Waals surface area contributed by atoms with Gasteiger partial charge < -0.3 is 9.47 Å². The van der Waals surface area contributed by atoms with Crippen molar-refractivity contribution in [3.8, 4) is 0 Å². The molecule has 0 saturated heterocycles. The molecule has 3 aromatic rings. The quantitative estimate of drug-likeness (QED) is 0.383. The number of benzene rings is 2. The van der Waals surface area contributed by atoms with E-state index in [0.717, 1.165) is 22.7 Å². The standard InChI is InChI=1S/C23H23Cl3N2O/c1-3-16(2)28(23(29)20-11-10-18(24)13-22(20)26)15-19-8-6-12-27(19)14-17-7-4-5-9-21(17)25/h4-13,16H,3,14-15H2,1-2H3. The zero-order chi connectivity index (χ0) is 21.0. The average Bonchev–Trinajstić information content (AvgIpc) is 3.13. The second kappa shape index (κ2) is 9.71. The summed E-state index contributed by atoms with van der Waals surface area (Å²) in [6, 6.07) is 16.8. The second-order valence-corrected chi connectivity index (χ2v) is 8.28. The maximum Gasteiger partial charge on any atom is 0.255 e. The molecule has 0 spiro atoms. The van der Waals surface area contributed by atoms with Crippen molar-refractivity contribution < 1.29 is 4.79 Å². The molecule has 0 N–H and O–H groups in total. The molecule has 1 heterocycles. The van der Waals surface area contributed by atoms with E-state index in [0.29, 0.717) is 28.7 Å². The van der Waals surface area contributed by atoms with Crippen molar-refractivity contribution in [1.82, 2.24) is 9.47 Å². The Morgan fingerprint density at radius 2 is 1.79 bits per heavy atom. The van der Waals surface area contributed by atoms with E-state index in [1.54, 1.807) is 18.2 Å². The van der Waals surface area contributed by atoms with Crippen molar-refractivity contribution in [3.63, 3.8) is 0 Å². The zero-order valence-electron chi connectivity index (χ0n) is 16.4. The highest BCUT2D eigenvalue weighted by Crippen LogP contribution is 2.25. The van der Waals surface area contributed by atoms with Crippen molar-refractivity contribution in [2.24, 2.45) is 0 Å². The van der Waals surface area contributed by atoms with Crippen LogP contribution in [0.1, 0.15) is 41.9 Å². The van der Waals surface area contributed by atoms with Crippen LogP contribution >= 0.6 is 34.8 Å². The van der Waals surface area contributed by atoms with Gasteiger partial charge in [-0.1, -0.05) is 59.9 Å². The molecule has 29 heavy (non-hydrogen) atoms. The van der Waals surface area contributed by atoms with Gasteiger partial charge in [-0.05, 0) is 55.3 Å². The van der Waals surface area contributed by atoms with Crippen LogP contribution in [0.2, 0.25) is 15.1 Å². The summed E-state index contributed by atoms with van der Waals surface area (Å²) in [5, 5.41) is 1.60. The van der Waals surface area contributed by atoms with E-state index >= 15 is 0 Å². The van der Waals surface area contributed by atoms with Crippen LogP contribution in [0.5, 0.6) is 0 Å². The molecular formula is C23H23Cl3N2O. The molecule has 3 nitrogen and oxygen atoms in total. The Morgan fingerprint density at radius 3 is 2.48 bits per heavy atom. The Morgan fingerprint density at radius 1 is 1.03 bits per heavy atom. The van der Waals surface area contributed by atoms with Gasteiger partial charge in [0.15, 0.2) is 0 Å².